The number of rotatable bonds is 7. The van der Waals surface area contributed by atoms with Gasteiger partial charge in [0.1, 0.15) is 5.75 Å². The van der Waals surface area contributed by atoms with Gasteiger partial charge in [-0.15, -0.1) is 12.4 Å². The highest BCUT2D eigenvalue weighted by atomic mass is 35.5. The quantitative estimate of drug-likeness (QED) is 0.731. The average Bonchev–Trinajstić information content (AvgIpc) is 2.55. The van der Waals surface area contributed by atoms with Crippen molar-refractivity contribution in [1.82, 2.24) is 10.6 Å². The molecule has 1 unspecified atom stereocenters. The predicted octanol–water partition coefficient (Wildman–Crippen LogP) is 4.01. The van der Waals surface area contributed by atoms with Crippen LogP contribution in [-0.4, -0.2) is 25.6 Å². The van der Waals surface area contributed by atoms with E-state index in [1.807, 2.05) is 0 Å². The first-order valence-electron chi connectivity index (χ1n) is 8.16. The van der Waals surface area contributed by atoms with Crippen molar-refractivity contribution in [3.8, 4) is 5.75 Å². The fourth-order valence-corrected chi connectivity index (χ4v) is 3.23. The maximum atomic E-state index is 12.4. The summed E-state index contributed by atoms with van der Waals surface area (Å²) in [4.78, 5) is 12.1. The molecule has 2 N–H and O–H groups in total. The third kappa shape index (κ3) is 7.34. The molecule has 0 radical (unpaired) electrons. The second kappa shape index (κ2) is 10.8. The first-order valence-corrected chi connectivity index (χ1v) is 8.54. The van der Waals surface area contributed by atoms with Crippen molar-refractivity contribution in [2.45, 2.75) is 39.3 Å². The number of amides is 1. The molecule has 0 saturated carbocycles. The lowest BCUT2D eigenvalue weighted by Gasteiger charge is -2.27. The molecular weight excluding hydrogens is 373 g/mol. The van der Waals surface area contributed by atoms with Crippen LogP contribution in [-0.2, 0) is 11.3 Å². The lowest BCUT2D eigenvalue weighted by Crippen LogP contribution is -2.33. The Balaban J connectivity index is 0.00000312. The Hall–Kier alpha value is -1.11. The van der Waals surface area contributed by atoms with Gasteiger partial charge in [0, 0.05) is 23.6 Å². The number of hydrogen-bond donors (Lipinski definition) is 2. The van der Waals surface area contributed by atoms with Gasteiger partial charge in [0.2, 0.25) is 5.91 Å². The Labute approximate surface area is 158 Å². The molecule has 8 heteroatoms. The molecule has 142 valence electrons. The van der Waals surface area contributed by atoms with E-state index in [9.17, 15) is 13.6 Å². The van der Waals surface area contributed by atoms with Crippen LogP contribution < -0.4 is 15.4 Å². The number of hydrogen-bond acceptors (Lipinski definition) is 3. The van der Waals surface area contributed by atoms with Crippen LogP contribution >= 0.6 is 24.0 Å². The van der Waals surface area contributed by atoms with Gasteiger partial charge in [-0.1, -0.05) is 18.5 Å². The topological polar surface area (TPSA) is 50.4 Å². The zero-order valence-corrected chi connectivity index (χ0v) is 15.6. The van der Waals surface area contributed by atoms with Gasteiger partial charge in [0.15, 0.2) is 0 Å². The van der Waals surface area contributed by atoms with Crippen molar-refractivity contribution in [3.63, 3.8) is 0 Å². The van der Waals surface area contributed by atoms with E-state index in [0.29, 0.717) is 28.8 Å². The highest BCUT2D eigenvalue weighted by Crippen LogP contribution is 2.26. The normalized spacial score (nSPS) is 16.2. The molecule has 0 aromatic heterocycles. The fourth-order valence-electron chi connectivity index (χ4n) is 3.04. The van der Waals surface area contributed by atoms with E-state index in [2.05, 4.69) is 22.3 Å². The largest absolute Gasteiger partial charge is 0.434 e. The van der Waals surface area contributed by atoms with Gasteiger partial charge in [-0.3, -0.25) is 4.79 Å². The molecule has 1 fully saturated rings. The highest BCUT2D eigenvalue weighted by Gasteiger charge is 2.22. The molecule has 4 nitrogen and oxygen atoms in total. The van der Waals surface area contributed by atoms with Crippen molar-refractivity contribution >= 4 is 29.9 Å². The predicted molar refractivity (Wildman–Crippen MR) is 96.6 cm³/mol. The van der Waals surface area contributed by atoms with E-state index in [1.165, 1.54) is 18.2 Å². The molecule has 1 saturated heterocycles. The first kappa shape index (κ1) is 21.9. The Morgan fingerprint density at radius 1 is 1.40 bits per heavy atom. The lowest BCUT2D eigenvalue weighted by atomic mass is 9.84. The van der Waals surface area contributed by atoms with Crippen LogP contribution in [0.5, 0.6) is 5.75 Å². The highest BCUT2D eigenvalue weighted by molar-refractivity contribution is 6.30. The molecule has 1 atom stereocenters. The van der Waals surface area contributed by atoms with Gasteiger partial charge in [0.25, 0.3) is 0 Å². The zero-order valence-electron chi connectivity index (χ0n) is 14.1. The summed E-state index contributed by atoms with van der Waals surface area (Å²) in [5.74, 6) is 0.772. The third-order valence-corrected chi connectivity index (χ3v) is 4.65. The van der Waals surface area contributed by atoms with E-state index in [-0.39, 0.29) is 30.6 Å². The summed E-state index contributed by atoms with van der Waals surface area (Å²) < 4.78 is 29.3. The molecule has 2 rings (SSSR count). The second-order valence-electron chi connectivity index (χ2n) is 6.18. The van der Waals surface area contributed by atoms with Gasteiger partial charge >= 0.3 is 6.61 Å². The number of piperidine rings is 1. The van der Waals surface area contributed by atoms with Crippen LogP contribution in [0, 0.1) is 11.8 Å². The van der Waals surface area contributed by atoms with Crippen molar-refractivity contribution in [2.75, 3.05) is 13.1 Å². The fraction of sp³-hybridized carbons (Fsp3) is 0.588. The summed E-state index contributed by atoms with van der Waals surface area (Å²) in [6.07, 6.45) is 2.58. The Bertz CT molecular complexity index is 555. The minimum Gasteiger partial charge on any atom is -0.434 e. The van der Waals surface area contributed by atoms with Gasteiger partial charge in [0.05, 0.1) is 0 Å². The van der Waals surface area contributed by atoms with Crippen LogP contribution in [0.1, 0.15) is 31.7 Å². The molecule has 1 aliphatic heterocycles. The number of halogens is 4. The minimum atomic E-state index is -2.92. The smallest absolute Gasteiger partial charge is 0.387 e. The molecule has 25 heavy (non-hydrogen) atoms. The van der Waals surface area contributed by atoms with E-state index in [4.69, 9.17) is 11.6 Å². The monoisotopic (exact) mass is 396 g/mol. The minimum absolute atomic E-state index is 0. The first-order chi connectivity index (χ1) is 11.5. The van der Waals surface area contributed by atoms with Crippen LogP contribution in [0.4, 0.5) is 8.78 Å². The number of carbonyl (C=O) groups is 1. The number of carbonyl (C=O) groups excluding carboxylic acids is 1. The van der Waals surface area contributed by atoms with E-state index in [1.54, 1.807) is 0 Å². The van der Waals surface area contributed by atoms with Crippen LogP contribution in [0.25, 0.3) is 0 Å². The summed E-state index contributed by atoms with van der Waals surface area (Å²) >= 11 is 5.89. The second-order valence-corrected chi connectivity index (χ2v) is 6.61. The Morgan fingerprint density at radius 2 is 2.08 bits per heavy atom. The summed E-state index contributed by atoms with van der Waals surface area (Å²) in [5, 5.41) is 6.49. The van der Waals surface area contributed by atoms with Crippen molar-refractivity contribution in [1.29, 1.82) is 0 Å². The lowest BCUT2D eigenvalue weighted by molar-refractivity contribution is -0.122. The van der Waals surface area contributed by atoms with Crippen LogP contribution in [0.2, 0.25) is 5.02 Å². The number of benzene rings is 1. The summed E-state index contributed by atoms with van der Waals surface area (Å²) in [7, 11) is 0. The number of alkyl halides is 2. The van der Waals surface area contributed by atoms with Gasteiger partial charge in [-0.2, -0.15) is 8.78 Å². The maximum absolute atomic E-state index is 12.4. The van der Waals surface area contributed by atoms with Crippen LogP contribution in [0.15, 0.2) is 18.2 Å². The molecule has 0 spiro atoms. The van der Waals surface area contributed by atoms with E-state index in [0.717, 1.165) is 25.9 Å². The standard InChI is InChI=1S/C17H23ClF2N2O2.ClH/c1-11(12-4-6-21-7-5-12)8-16(23)22-10-13-9-14(18)2-3-15(13)24-17(19)20;/h2-3,9,11-12,17,21H,4-8,10H2,1H3,(H,22,23);1H. The van der Waals surface area contributed by atoms with Crippen LogP contribution in [0.3, 0.4) is 0 Å². The number of ether oxygens (including phenoxy) is 1. The number of nitrogens with one attached hydrogen (secondary N) is 2. The van der Waals surface area contributed by atoms with E-state index < -0.39 is 6.61 Å². The molecule has 1 amide bonds. The Kier molecular flexibility index (Phi) is 9.46. The molecular formula is C17H24Cl2F2N2O2. The molecule has 1 aromatic rings. The SMILES string of the molecule is CC(CC(=O)NCc1cc(Cl)ccc1OC(F)F)C1CCNCC1.Cl. The van der Waals surface area contributed by atoms with Gasteiger partial charge in [-0.05, 0) is 56.0 Å². The summed E-state index contributed by atoms with van der Waals surface area (Å²) in [6, 6.07) is 4.38. The van der Waals surface area contributed by atoms with E-state index >= 15 is 0 Å². The third-order valence-electron chi connectivity index (χ3n) is 4.41. The van der Waals surface area contributed by atoms with Crippen molar-refractivity contribution < 1.29 is 18.3 Å². The average molecular weight is 397 g/mol. The zero-order chi connectivity index (χ0) is 17.5. The maximum Gasteiger partial charge on any atom is 0.387 e. The molecule has 1 heterocycles. The molecule has 0 aliphatic carbocycles. The van der Waals surface area contributed by atoms with Crippen molar-refractivity contribution in [3.05, 3.63) is 28.8 Å². The molecule has 0 bridgehead atoms. The molecule has 1 aliphatic rings. The van der Waals surface area contributed by atoms with Gasteiger partial charge < -0.3 is 15.4 Å². The summed E-state index contributed by atoms with van der Waals surface area (Å²) in [6.45, 7) is 1.27. The summed E-state index contributed by atoms with van der Waals surface area (Å²) in [5.41, 5.74) is 0.436. The molecule has 1 aromatic carbocycles. The van der Waals surface area contributed by atoms with Gasteiger partial charge in [-0.25, -0.2) is 0 Å². The Morgan fingerprint density at radius 3 is 2.72 bits per heavy atom. The van der Waals surface area contributed by atoms with Crippen molar-refractivity contribution in [2.24, 2.45) is 11.8 Å².